The molecule has 1 aliphatic heterocycles. The lowest BCUT2D eigenvalue weighted by Crippen LogP contribution is -2.64. The summed E-state index contributed by atoms with van der Waals surface area (Å²) in [7, 11) is 0. The molecule has 0 unspecified atom stereocenters. The number of esters is 4. The number of rotatable bonds is 11. The molecule has 1 aliphatic rings. The van der Waals surface area contributed by atoms with Crippen molar-refractivity contribution in [3.05, 3.63) is 168 Å². The molecule has 2 heterocycles. The Labute approximate surface area is 302 Å². The Bertz CT molecular complexity index is 2140. The third-order valence-electron chi connectivity index (χ3n) is 8.23. The Morgan fingerprint density at radius 1 is 0.509 bits per heavy atom. The van der Waals surface area contributed by atoms with Gasteiger partial charge in [-0.2, -0.15) is 4.98 Å². The second-order valence-electron chi connectivity index (χ2n) is 11.8. The highest BCUT2D eigenvalue weighted by Crippen LogP contribution is 2.33. The number of oxazole rings is 1. The van der Waals surface area contributed by atoms with Crippen molar-refractivity contribution in [3.63, 3.8) is 0 Å². The molecule has 0 aliphatic carbocycles. The summed E-state index contributed by atoms with van der Waals surface area (Å²) in [6, 6.07) is 39.4. The van der Waals surface area contributed by atoms with Crippen LogP contribution in [0.25, 0.3) is 11.1 Å². The lowest BCUT2D eigenvalue weighted by atomic mass is 9.97. The molecule has 1 saturated heterocycles. The number of benzene rings is 5. The van der Waals surface area contributed by atoms with E-state index in [0.717, 1.165) is 0 Å². The molecular weight excluding hydrogens is 682 g/mol. The predicted octanol–water partition coefficient (Wildman–Crippen LogP) is 6.47. The number of nitrogens with zero attached hydrogens (tertiary/aromatic N) is 1. The molecule has 1 aromatic heterocycles. The second kappa shape index (κ2) is 16.0. The van der Waals surface area contributed by atoms with Gasteiger partial charge in [-0.3, -0.25) is 0 Å². The highest BCUT2D eigenvalue weighted by Gasteiger charge is 2.54. The predicted molar refractivity (Wildman–Crippen MR) is 187 cm³/mol. The monoisotopic (exact) mass is 713 g/mol. The van der Waals surface area contributed by atoms with Gasteiger partial charge in [-0.1, -0.05) is 84.9 Å². The minimum atomic E-state index is -1.60. The average Bonchev–Trinajstić information content (AvgIpc) is 3.63. The van der Waals surface area contributed by atoms with Crippen LogP contribution in [0.3, 0.4) is 0 Å². The van der Waals surface area contributed by atoms with Crippen LogP contribution in [0.4, 0.5) is 0 Å². The third kappa shape index (κ3) is 8.24. The normalized spacial score (nSPS) is 19.4. The molecule has 5 aromatic carbocycles. The molecule has 12 nitrogen and oxygen atoms in total. The highest BCUT2D eigenvalue weighted by atomic mass is 16.8. The largest absolute Gasteiger partial charge is 0.459 e. The number of hydrogen-bond donors (Lipinski definition) is 0. The SMILES string of the molecule is O=C(OC[C@H]1O[C@H](Oc2nc3ccccc3o2)[C@@H](OC(=O)c2ccccc2)[C@@H](OC(=O)c2ccccc2)[C@@H]1OC(=O)c1ccccc1)c1ccccc1. The van der Waals surface area contributed by atoms with Gasteiger partial charge in [0.15, 0.2) is 17.8 Å². The van der Waals surface area contributed by atoms with Gasteiger partial charge < -0.3 is 32.8 Å². The van der Waals surface area contributed by atoms with Crippen molar-refractivity contribution >= 4 is 35.0 Å². The van der Waals surface area contributed by atoms with E-state index in [0.29, 0.717) is 11.1 Å². The maximum Gasteiger partial charge on any atom is 0.397 e. The van der Waals surface area contributed by atoms with Gasteiger partial charge in [0.1, 0.15) is 18.2 Å². The summed E-state index contributed by atoms with van der Waals surface area (Å²) < 4.78 is 42.0. The van der Waals surface area contributed by atoms with Crippen LogP contribution in [0.1, 0.15) is 41.4 Å². The zero-order valence-corrected chi connectivity index (χ0v) is 27.9. The number of ether oxygens (including phenoxy) is 6. The summed E-state index contributed by atoms with van der Waals surface area (Å²) in [6.45, 7) is -0.507. The minimum absolute atomic E-state index is 0.156. The molecule has 6 aromatic rings. The molecule has 7 rings (SSSR count). The van der Waals surface area contributed by atoms with E-state index in [1.807, 2.05) is 0 Å². The van der Waals surface area contributed by atoms with Crippen LogP contribution in [-0.4, -0.2) is 66.2 Å². The van der Waals surface area contributed by atoms with Gasteiger partial charge in [0.25, 0.3) is 0 Å². The second-order valence-corrected chi connectivity index (χ2v) is 11.8. The fourth-order valence-corrected chi connectivity index (χ4v) is 5.62. The first kappa shape index (κ1) is 34.6. The number of fused-ring (bicyclic) bond motifs is 1. The van der Waals surface area contributed by atoms with E-state index in [1.54, 1.807) is 109 Å². The maximum absolute atomic E-state index is 13.8. The molecule has 12 heteroatoms. The van der Waals surface area contributed by atoms with Gasteiger partial charge in [0, 0.05) is 0 Å². The zero-order valence-electron chi connectivity index (χ0n) is 27.9. The molecule has 0 bridgehead atoms. The topological polar surface area (TPSA) is 150 Å². The molecule has 0 spiro atoms. The number of carbonyl (C=O) groups is 4. The van der Waals surface area contributed by atoms with Crippen LogP contribution in [0.2, 0.25) is 0 Å². The average molecular weight is 714 g/mol. The first-order chi connectivity index (χ1) is 25.9. The van der Waals surface area contributed by atoms with Crippen molar-refractivity contribution in [1.82, 2.24) is 4.98 Å². The van der Waals surface area contributed by atoms with E-state index in [4.69, 9.17) is 32.8 Å². The van der Waals surface area contributed by atoms with E-state index in [1.165, 1.54) is 36.4 Å². The molecule has 1 fully saturated rings. The maximum atomic E-state index is 13.8. The van der Waals surface area contributed by atoms with Crippen LogP contribution in [0, 0.1) is 0 Å². The fourth-order valence-electron chi connectivity index (χ4n) is 5.62. The van der Waals surface area contributed by atoms with Crippen LogP contribution < -0.4 is 4.74 Å². The van der Waals surface area contributed by atoms with Gasteiger partial charge in [0.2, 0.25) is 12.4 Å². The molecule has 0 N–H and O–H groups in total. The first-order valence-corrected chi connectivity index (χ1v) is 16.6. The molecule has 266 valence electrons. The van der Waals surface area contributed by atoms with Gasteiger partial charge in [-0.25, -0.2) is 19.2 Å². The van der Waals surface area contributed by atoms with E-state index in [2.05, 4.69) is 4.98 Å². The Morgan fingerprint density at radius 2 is 0.943 bits per heavy atom. The summed E-state index contributed by atoms with van der Waals surface area (Å²) in [6.07, 6.45) is -7.91. The molecule has 53 heavy (non-hydrogen) atoms. The summed E-state index contributed by atoms with van der Waals surface area (Å²) in [4.78, 5) is 58.6. The van der Waals surface area contributed by atoms with E-state index in [9.17, 15) is 19.2 Å². The molecular formula is C41H31NO11. The van der Waals surface area contributed by atoms with Gasteiger partial charge in [0.05, 0.1) is 22.3 Å². The number of hydrogen-bond acceptors (Lipinski definition) is 12. The summed E-state index contributed by atoms with van der Waals surface area (Å²) in [5, 5.41) is 0. The fraction of sp³-hybridized carbons (Fsp3) is 0.146. The molecule has 0 saturated carbocycles. The van der Waals surface area contributed by atoms with Crippen LogP contribution in [0.5, 0.6) is 6.08 Å². The third-order valence-corrected chi connectivity index (χ3v) is 8.23. The number of aromatic nitrogens is 1. The smallest absolute Gasteiger partial charge is 0.397 e. The van der Waals surface area contributed by atoms with Gasteiger partial charge in [-0.15, -0.1) is 0 Å². The van der Waals surface area contributed by atoms with Gasteiger partial charge in [-0.05, 0) is 60.7 Å². The summed E-state index contributed by atoms with van der Waals surface area (Å²) in [5.41, 5.74) is 1.60. The van der Waals surface area contributed by atoms with E-state index >= 15 is 0 Å². The number of carbonyl (C=O) groups excluding carboxylic acids is 4. The number of para-hydroxylation sites is 2. The molecule has 0 amide bonds. The van der Waals surface area contributed by atoms with E-state index < -0.39 is 61.2 Å². The van der Waals surface area contributed by atoms with Crippen molar-refractivity contribution in [2.45, 2.75) is 30.7 Å². The van der Waals surface area contributed by atoms with E-state index in [-0.39, 0.29) is 28.3 Å². The molecule has 0 radical (unpaired) electrons. The Morgan fingerprint density at radius 3 is 1.45 bits per heavy atom. The van der Waals surface area contributed by atoms with Crippen molar-refractivity contribution in [3.8, 4) is 6.08 Å². The van der Waals surface area contributed by atoms with Crippen molar-refractivity contribution in [1.29, 1.82) is 0 Å². The van der Waals surface area contributed by atoms with Crippen molar-refractivity contribution in [2.75, 3.05) is 6.61 Å². The first-order valence-electron chi connectivity index (χ1n) is 16.6. The van der Waals surface area contributed by atoms with Gasteiger partial charge >= 0.3 is 30.0 Å². The summed E-state index contributed by atoms with van der Waals surface area (Å²) >= 11 is 0. The Hall–Kier alpha value is -6.79. The summed E-state index contributed by atoms with van der Waals surface area (Å²) in [5.74, 6) is -3.17. The molecule has 5 atom stereocenters. The Kier molecular flexibility index (Phi) is 10.5. The Balaban J connectivity index is 1.30. The lowest BCUT2D eigenvalue weighted by Gasteiger charge is -2.43. The lowest BCUT2D eigenvalue weighted by molar-refractivity contribution is -0.278. The zero-order chi connectivity index (χ0) is 36.6. The van der Waals surface area contributed by atoms with Crippen LogP contribution >= 0.6 is 0 Å². The van der Waals surface area contributed by atoms with Crippen LogP contribution in [-0.2, 0) is 23.7 Å². The minimum Gasteiger partial charge on any atom is -0.459 e. The van der Waals surface area contributed by atoms with Crippen molar-refractivity contribution < 1.29 is 52.0 Å². The quantitative estimate of drug-likeness (QED) is 0.107. The standard InChI is InChI=1S/C41H31NO11/c43-36(26-15-5-1-6-16-26)47-25-32-33(50-37(44)27-17-7-2-8-18-27)34(51-38(45)28-19-9-3-10-20-28)35(52-39(46)29-21-11-4-12-22-29)40(48-32)53-41-42-30-23-13-14-24-31(30)49-41/h1-24,32-35,40H,25H2/t32-,33-,34+,35+,40-/m1/s1. The highest BCUT2D eigenvalue weighted by molar-refractivity contribution is 5.91. The van der Waals surface area contributed by atoms with Crippen LogP contribution in [0.15, 0.2) is 150 Å². The van der Waals surface area contributed by atoms with Crippen molar-refractivity contribution in [2.24, 2.45) is 0 Å².